The van der Waals surface area contributed by atoms with Gasteiger partial charge >= 0.3 is 0 Å². The SMILES string of the molecule is CC(=O)NC1(c2ccccc2)NSc2ccccc21. The van der Waals surface area contributed by atoms with E-state index in [0.717, 1.165) is 16.0 Å². The fraction of sp³-hybridized carbons (Fsp3) is 0.133. The number of carbonyl (C=O) groups is 1. The van der Waals surface area contributed by atoms with E-state index >= 15 is 0 Å². The van der Waals surface area contributed by atoms with E-state index in [1.165, 1.54) is 6.92 Å². The average molecular weight is 270 g/mol. The van der Waals surface area contributed by atoms with Crippen molar-refractivity contribution in [3.8, 4) is 0 Å². The van der Waals surface area contributed by atoms with Gasteiger partial charge in [-0.15, -0.1) is 0 Å². The molecule has 0 spiro atoms. The molecule has 1 amide bonds. The van der Waals surface area contributed by atoms with Crippen molar-refractivity contribution >= 4 is 17.9 Å². The van der Waals surface area contributed by atoms with Crippen LogP contribution in [0.3, 0.4) is 0 Å². The summed E-state index contributed by atoms with van der Waals surface area (Å²) in [5, 5.41) is 3.06. The summed E-state index contributed by atoms with van der Waals surface area (Å²) in [6.45, 7) is 1.54. The van der Waals surface area contributed by atoms with Gasteiger partial charge in [0.1, 0.15) is 0 Å². The minimum atomic E-state index is -0.644. The lowest BCUT2D eigenvalue weighted by molar-refractivity contribution is -0.120. The lowest BCUT2D eigenvalue weighted by atomic mass is 9.92. The van der Waals surface area contributed by atoms with E-state index < -0.39 is 5.66 Å². The van der Waals surface area contributed by atoms with Crippen LogP contribution < -0.4 is 10.0 Å². The standard InChI is InChI=1S/C15H14N2OS/c1-11(18)16-15(12-7-3-2-4-8-12)13-9-5-6-10-14(13)19-17-15/h2-10,17H,1H3,(H,16,18). The Hall–Kier alpha value is -1.78. The summed E-state index contributed by atoms with van der Waals surface area (Å²) in [7, 11) is 0. The third-order valence-electron chi connectivity index (χ3n) is 3.18. The molecule has 0 radical (unpaired) electrons. The van der Waals surface area contributed by atoms with Crippen molar-refractivity contribution in [3.63, 3.8) is 0 Å². The van der Waals surface area contributed by atoms with Crippen LogP contribution in [-0.4, -0.2) is 5.91 Å². The van der Waals surface area contributed by atoms with Gasteiger partial charge < -0.3 is 5.32 Å². The Morgan fingerprint density at radius 3 is 2.53 bits per heavy atom. The van der Waals surface area contributed by atoms with Crippen molar-refractivity contribution in [3.05, 3.63) is 65.7 Å². The van der Waals surface area contributed by atoms with Gasteiger partial charge in [-0.25, -0.2) is 4.72 Å². The van der Waals surface area contributed by atoms with Crippen LogP contribution in [0.5, 0.6) is 0 Å². The zero-order valence-electron chi connectivity index (χ0n) is 10.5. The number of nitrogens with one attached hydrogen (secondary N) is 2. The maximum Gasteiger partial charge on any atom is 0.218 e. The molecule has 1 unspecified atom stereocenters. The highest BCUT2D eigenvalue weighted by atomic mass is 32.2. The largest absolute Gasteiger partial charge is 0.330 e. The first-order valence-corrected chi connectivity index (χ1v) is 6.92. The van der Waals surface area contributed by atoms with Crippen LogP contribution in [0, 0.1) is 0 Å². The van der Waals surface area contributed by atoms with Gasteiger partial charge in [0.15, 0.2) is 5.66 Å². The van der Waals surface area contributed by atoms with Gasteiger partial charge in [0.2, 0.25) is 5.91 Å². The molecule has 1 aliphatic rings. The molecule has 2 aromatic carbocycles. The van der Waals surface area contributed by atoms with Gasteiger partial charge in [-0.2, -0.15) is 0 Å². The molecule has 3 nitrogen and oxygen atoms in total. The normalized spacial score (nSPS) is 20.9. The van der Waals surface area contributed by atoms with E-state index in [4.69, 9.17) is 0 Å². The first-order valence-electron chi connectivity index (χ1n) is 6.10. The van der Waals surface area contributed by atoms with Gasteiger partial charge in [-0.05, 0) is 23.6 Å². The molecule has 1 atom stereocenters. The van der Waals surface area contributed by atoms with Crippen LogP contribution in [0.25, 0.3) is 0 Å². The van der Waals surface area contributed by atoms with E-state index in [0.29, 0.717) is 0 Å². The smallest absolute Gasteiger partial charge is 0.218 e. The van der Waals surface area contributed by atoms with Crippen molar-refractivity contribution in [2.75, 3.05) is 0 Å². The summed E-state index contributed by atoms with van der Waals surface area (Å²) in [6, 6.07) is 18.1. The van der Waals surface area contributed by atoms with E-state index in [1.807, 2.05) is 48.5 Å². The van der Waals surface area contributed by atoms with Gasteiger partial charge in [-0.1, -0.05) is 48.5 Å². The van der Waals surface area contributed by atoms with Crippen molar-refractivity contribution in [1.29, 1.82) is 0 Å². The number of hydrogen-bond donors (Lipinski definition) is 2. The summed E-state index contributed by atoms with van der Waals surface area (Å²) < 4.78 is 3.37. The molecule has 0 aromatic heterocycles. The summed E-state index contributed by atoms with van der Waals surface area (Å²) in [4.78, 5) is 12.8. The summed E-state index contributed by atoms with van der Waals surface area (Å²) in [5.74, 6) is -0.0614. The molecule has 4 heteroatoms. The van der Waals surface area contributed by atoms with Crippen LogP contribution >= 0.6 is 11.9 Å². The molecule has 1 heterocycles. The maximum absolute atomic E-state index is 11.6. The third kappa shape index (κ3) is 2.03. The number of carbonyl (C=O) groups excluding carboxylic acids is 1. The van der Waals surface area contributed by atoms with Gasteiger partial charge in [0.25, 0.3) is 0 Å². The topological polar surface area (TPSA) is 41.1 Å². The zero-order valence-corrected chi connectivity index (χ0v) is 11.3. The molecule has 0 saturated heterocycles. The van der Waals surface area contributed by atoms with E-state index in [-0.39, 0.29) is 5.91 Å². The van der Waals surface area contributed by atoms with Crippen molar-refractivity contribution in [1.82, 2.24) is 10.0 Å². The summed E-state index contributed by atoms with van der Waals surface area (Å²) >= 11 is 1.55. The second-order valence-electron chi connectivity index (χ2n) is 4.50. The molecule has 0 aliphatic carbocycles. The van der Waals surface area contributed by atoms with Crippen LogP contribution in [0.15, 0.2) is 59.5 Å². The lowest BCUT2D eigenvalue weighted by Crippen LogP contribution is -2.51. The predicted molar refractivity (Wildman–Crippen MR) is 76.5 cm³/mol. The average Bonchev–Trinajstić information content (AvgIpc) is 2.80. The van der Waals surface area contributed by atoms with Crippen molar-refractivity contribution in [2.24, 2.45) is 0 Å². The van der Waals surface area contributed by atoms with Gasteiger partial charge in [0, 0.05) is 17.4 Å². The van der Waals surface area contributed by atoms with Gasteiger partial charge in [0.05, 0.1) is 0 Å². The number of benzene rings is 2. The molecule has 3 rings (SSSR count). The highest BCUT2D eigenvalue weighted by molar-refractivity contribution is 7.97. The second kappa shape index (κ2) is 4.72. The highest BCUT2D eigenvalue weighted by Crippen LogP contribution is 2.41. The number of amides is 1. The van der Waals surface area contributed by atoms with Crippen molar-refractivity contribution in [2.45, 2.75) is 17.5 Å². The molecule has 96 valence electrons. The molecule has 0 fully saturated rings. The fourth-order valence-electron chi connectivity index (χ4n) is 2.38. The minimum absolute atomic E-state index is 0.0614. The Kier molecular flexibility index (Phi) is 3.05. The lowest BCUT2D eigenvalue weighted by Gasteiger charge is -2.31. The Morgan fingerprint density at radius 2 is 1.79 bits per heavy atom. The number of fused-ring (bicyclic) bond motifs is 1. The Bertz CT molecular complexity index is 615. The van der Waals surface area contributed by atoms with Crippen molar-refractivity contribution < 1.29 is 4.79 Å². The monoisotopic (exact) mass is 270 g/mol. The Balaban J connectivity index is 2.17. The molecular formula is C15H14N2OS. The maximum atomic E-state index is 11.6. The molecule has 1 aliphatic heterocycles. The van der Waals surface area contributed by atoms with E-state index in [1.54, 1.807) is 11.9 Å². The van der Waals surface area contributed by atoms with E-state index in [9.17, 15) is 4.79 Å². The molecule has 2 N–H and O–H groups in total. The van der Waals surface area contributed by atoms with Crippen LogP contribution in [-0.2, 0) is 10.5 Å². The van der Waals surface area contributed by atoms with E-state index in [2.05, 4.69) is 16.1 Å². The fourth-order valence-corrected chi connectivity index (χ4v) is 3.40. The third-order valence-corrected chi connectivity index (χ3v) is 4.16. The predicted octanol–water partition coefficient (Wildman–Crippen LogP) is 2.63. The molecule has 0 bridgehead atoms. The highest BCUT2D eigenvalue weighted by Gasteiger charge is 2.41. The van der Waals surface area contributed by atoms with Gasteiger partial charge in [-0.3, -0.25) is 4.79 Å². The zero-order chi connectivity index (χ0) is 13.3. The number of rotatable bonds is 2. The molecule has 2 aromatic rings. The van der Waals surface area contributed by atoms with Crippen LogP contribution in [0.1, 0.15) is 18.1 Å². The molecule has 0 saturated carbocycles. The van der Waals surface area contributed by atoms with Crippen LogP contribution in [0.4, 0.5) is 0 Å². The Labute approximate surface area is 116 Å². The summed E-state index contributed by atoms with van der Waals surface area (Å²) in [5.41, 5.74) is 1.47. The molecule has 19 heavy (non-hydrogen) atoms. The summed E-state index contributed by atoms with van der Waals surface area (Å²) in [6.07, 6.45) is 0. The molecular weight excluding hydrogens is 256 g/mol. The first kappa shape index (κ1) is 12.3. The quantitative estimate of drug-likeness (QED) is 0.824. The number of hydrogen-bond acceptors (Lipinski definition) is 3. The first-order chi connectivity index (χ1) is 9.22. The second-order valence-corrected chi connectivity index (χ2v) is 5.35. The minimum Gasteiger partial charge on any atom is -0.330 e. The van der Waals surface area contributed by atoms with Crippen LogP contribution in [0.2, 0.25) is 0 Å². The Morgan fingerprint density at radius 1 is 1.11 bits per heavy atom.